The van der Waals surface area contributed by atoms with Gasteiger partial charge in [-0.15, -0.1) is 0 Å². The van der Waals surface area contributed by atoms with Crippen LogP contribution in [0.3, 0.4) is 0 Å². The molecule has 3 aliphatic rings. The summed E-state index contributed by atoms with van der Waals surface area (Å²) in [5.41, 5.74) is 0.102. The number of esters is 1. The molecule has 0 radical (unpaired) electrons. The van der Waals surface area contributed by atoms with E-state index >= 15 is 0 Å². The maximum Gasteiger partial charge on any atom is 0.408 e. The Balaban J connectivity index is 1.49. The maximum atomic E-state index is 14.4. The van der Waals surface area contributed by atoms with Crippen molar-refractivity contribution in [3.8, 4) is 0 Å². The molecule has 1 saturated carbocycles. The van der Waals surface area contributed by atoms with Crippen LogP contribution in [0, 0.1) is 23.7 Å². The molecule has 336 valence electrons. The summed E-state index contributed by atoms with van der Waals surface area (Å²) in [6, 6.07) is 5.50. The predicted octanol–water partition coefficient (Wildman–Crippen LogP) is 4.65. The quantitative estimate of drug-likeness (QED) is 0.166. The number of likely N-dealkylation sites (tertiary alicyclic amines) is 2. The van der Waals surface area contributed by atoms with E-state index in [9.17, 15) is 33.9 Å². The standard InChI is InChI=1S/C45H71N5O10/c1-12-27(4)37(48(9)42(54)36(26(2)3)47-41(53)38-30-20-21-31(24-30)50(38)44(56)57)34(58-10)25-35(51)49-22-16-19-33(49)39(59-11)28(5)40(52)46-32(43(55)60-45(6,7)8)23-29-17-14-13-15-18-29/h13-15,17-18,26-28,30-34,36-39H,12,16,19-25H2,1-11H3,(H,46,52)(H,47,53)(H,56,57)/t27?,28?,30-,31+,32?,33-,34?,36?,37?,38-,39?/m0/s1. The molecule has 2 aliphatic heterocycles. The number of nitrogens with one attached hydrogen (secondary N) is 2. The molecule has 0 spiro atoms. The van der Waals surface area contributed by atoms with Gasteiger partial charge in [0.1, 0.15) is 23.7 Å². The van der Waals surface area contributed by atoms with Crippen molar-refractivity contribution in [3.05, 3.63) is 35.9 Å². The summed E-state index contributed by atoms with van der Waals surface area (Å²) in [6.45, 7) is 15.2. The molecule has 2 bridgehead atoms. The summed E-state index contributed by atoms with van der Waals surface area (Å²) < 4.78 is 17.7. The lowest BCUT2D eigenvalue weighted by molar-refractivity contribution is -0.159. The van der Waals surface area contributed by atoms with Crippen molar-refractivity contribution in [2.24, 2.45) is 23.7 Å². The monoisotopic (exact) mass is 842 g/mol. The highest BCUT2D eigenvalue weighted by atomic mass is 16.6. The highest BCUT2D eigenvalue weighted by Gasteiger charge is 2.52. The van der Waals surface area contributed by atoms with Crippen molar-refractivity contribution in [3.63, 3.8) is 0 Å². The van der Waals surface area contributed by atoms with Crippen molar-refractivity contribution in [1.82, 2.24) is 25.3 Å². The average molecular weight is 842 g/mol. The molecule has 60 heavy (non-hydrogen) atoms. The van der Waals surface area contributed by atoms with Crippen LogP contribution in [-0.2, 0) is 44.6 Å². The number of rotatable bonds is 19. The van der Waals surface area contributed by atoms with Gasteiger partial charge in [0.15, 0.2) is 0 Å². The summed E-state index contributed by atoms with van der Waals surface area (Å²) in [6.07, 6.45) is 1.77. The number of piperidine rings is 1. The van der Waals surface area contributed by atoms with E-state index in [-0.39, 0.29) is 48.5 Å². The first-order chi connectivity index (χ1) is 28.2. The SMILES string of the molecule is CCC(C)C(C(CC(=O)N1CCC[C@H]1C(OC)C(C)C(=O)NC(Cc1ccccc1)C(=O)OC(C)(C)C)OC)N(C)C(=O)C(NC(=O)[C@@H]1[C@H]2CC[C@H](C2)N1C(=O)O)C(C)C. The number of hydrogen-bond acceptors (Lipinski definition) is 9. The molecule has 15 heteroatoms. The lowest BCUT2D eigenvalue weighted by Crippen LogP contribution is -2.60. The number of amides is 5. The van der Waals surface area contributed by atoms with Crippen LogP contribution in [0.5, 0.6) is 0 Å². The molecule has 4 rings (SSSR count). The van der Waals surface area contributed by atoms with E-state index in [1.54, 1.807) is 44.5 Å². The van der Waals surface area contributed by atoms with E-state index in [1.807, 2.05) is 58.0 Å². The van der Waals surface area contributed by atoms with E-state index in [0.717, 1.165) is 18.4 Å². The summed E-state index contributed by atoms with van der Waals surface area (Å²) in [4.78, 5) is 86.4. The molecule has 1 aliphatic carbocycles. The fourth-order valence-electron chi connectivity index (χ4n) is 9.60. The van der Waals surface area contributed by atoms with Gasteiger partial charge in [0, 0.05) is 40.3 Å². The Hall–Kier alpha value is -4.24. The number of carbonyl (C=O) groups excluding carboxylic acids is 5. The van der Waals surface area contributed by atoms with Gasteiger partial charge in [-0.1, -0.05) is 71.4 Å². The van der Waals surface area contributed by atoms with Crippen molar-refractivity contribution in [1.29, 1.82) is 0 Å². The first kappa shape index (κ1) is 48.4. The van der Waals surface area contributed by atoms with Gasteiger partial charge in [-0.2, -0.15) is 0 Å². The number of carboxylic acid groups (broad SMARTS) is 1. The van der Waals surface area contributed by atoms with Gasteiger partial charge in [0.2, 0.25) is 23.6 Å². The minimum absolute atomic E-state index is 0.0498. The molecule has 2 heterocycles. The Morgan fingerprint density at radius 2 is 1.62 bits per heavy atom. The number of fused-ring (bicyclic) bond motifs is 2. The number of methoxy groups -OCH3 is 2. The van der Waals surface area contributed by atoms with Crippen molar-refractivity contribution in [2.45, 2.75) is 161 Å². The van der Waals surface area contributed by atoms with Crippen LogP contribution in [0.2, 0.25) is 0 Å². The molecule has 15 nitrogen and oxygen atoms in total. The largest absolute Gasteiger partial charge is 0.465 e. The third-order valence-corrected chi connectivity index (χ3v) is 12.9. The zero-order valence-corrected chi connectivity index (χ0v) is 37.6. The van der Waals surface area contributed by atoms with Crippen LogP contribution < -0.4 is 10.6 Å². The fraction of sp³-hybridized carbons (Fsp3) is 0.733. The number of nitrogens with zero attached hydrogens (tertiary/aromatic N) is 3. The second-order valence-corrected chi connectivity index (χ2v) is 18.5. The van der Waals surface area contributed by atoms with Crippen LogP contribution in [0.15, 0.2) is 30.3 Å². The van der Waals surface area contributed by atoms with Crippen LogP contribution in [0.1, 0.15) is 106 Å². The molecule has 3 N–H and O–H groups in total. The highest BCUT2D eigenvalue weighted by Crippen LogP contribution is 2.42. The third-order valence-electron chi connectivity index (χ3n) is 12.9. The van der Waals surface area contributed by atoms with Crippen LogP contribution in [0.4, 0.5) is 4.79 Å². The minimum Gasteiger partial charge on any atom is -0.465 e. The van der Waals surface area contributed by atoms with Gasteiger partial charge in [-0.25, -0.2) is 9.59 Å². The van der Waals surface area contributed by atoms with Crippen LogP contribution in [0.25, 0.3) is 0 Å². The van der Waals surface area contributed by atoms with Gasteiger partial charge in [0.25, 0.3) is 0 Å². The third kappa shape index (κ3) is 11.6. The zero-order valence-electron chi connectivity index (χ0n) is 37.6. The number of likely N-dealkylation sites (N-methyl/N-ethyl adjacent to an activating group) is 1. The van der Waals surface area contributed by atoms with Crippen molar-refractivity contribution < 1.29 is 48.1 Å². The Morgan fingerprint density at radius 3 is 2.18 bits per heavy atom. The molecule has 5 amide bonds. The second kappa shape index (κ2) is 21.0. The maximum absolute atomic E-state index is 14.4. The number of hydrogen-bond donors (Lipinski definition) is 3. The van der Waals surface area contributed by atoms with E-state index < -0.39 is 77.8 Å². The second-order valence-electron chi connectivity index (χ2n) is 18.5. The number of carbonyl (C=O) groups is 6. The molecule has 0 aromatic heterocycles. The molecule has 1 aromatic rings. The number of ether oxygens (including phenoxy) is 3. The first-order valence-electron chi connectivity index (χ1n) is 21.7. The zero-order chi connectivity index (χ0) is 44.6. The summed E-state index contributed by atoms with van der Waals surface area (Å²) in [7, 11) is 4.70. The highest BCUT2D eigenvalue weighted by molar-refractivity contribution is 5.92. The molecule has 1 aromatic carbocycles. The molecule has 2 saturated heterocycles. The van der Waals surface area contributed by atoms with Crippen LogP contribution >= 0.6 is 0 Å². The van der Waals surface area contributed by atoms with E-state index in [4.69, 9.17) is 14.2 Å². The number of benzene rings is 1. The smallest absolute Gasteiger partial charge is 0.408 e. The summed E-state index contributed by atoms with van der Waals surface area (Å²) in [5.74, 6) is -3.20. The van der Waals surface area contributed by atoms with Gasteiger partial charge in [0.05, 0.1) is 36.6 Å². The Bertz CT molecular complexity index is 1650. The van der Waals surface area contributed by atoms with Gasteiger partial charge in [-0.3, -0.25) is 24.1 Å². The summed E-state index contributed by atoms with van der Waals surface area (Å²) in [5, 5.41) is 15.8. The van der Waals surface area contributed by atoms with E-state index in [0.29, 0.717) is 32.2 Å². The minimum atomic E-state index is -1.13. The topological polar surface area (TPSA) is 184 Å². The average Bonchev–Trinajstić information content (AvgIpc) is 3.96. The van der Waals surface area contributed by atoms with Crippen LogP contribution in [-0.4, -0.2) is 137 Å². The molecule has 11 atom stereocenters. The lowest BCUT2D eigenvalue weighted by Gasteiger charge is -2.41. The Morgan fingerprint density at radius 1 is 0.950 bits per heavy atom. The lowest BCUT2D eigenvalue weighted by atomic mass is 9.89. The van der Waals surface area contributed by atoms with E-state index in [1.165, 1.54) is 19.1 Å². The van der Waals surface area contributed by atoms with E-state index in [2.05, 4.69) is 10.6 Å². The summed E-state index contributed by atoms with van der Waals surface area (Å²) >= 11 is 0. The van der Waals surface area contributed by atoms with Crippen molar-refractivity contribution in [2.75, 3.05) is 27.8 Å². The normalized spacial score (nSPS) is 23.6. The van der Waals surface area contributed by atoms with Crippen molar-refractivity contribution >= 4 is 35.7 Å². The first-order valence-corrected chi connectivity index (χ1v) is 21.7. The molecular weight excluding hydrogens is 771 g/mol. The molecule has 3 fully saturated rings. The van der Waals surface area contributed by atoms with Gasteiger partial charge >= 0.3 is 12.1 Å². The molecule has 7 unspecified atom stereocenters. The Kier molecular flexibility index (Phi) is 17.0. The fourth-order valence-corrected chi connectivity index (χ4v) is 9.60. The Labute approximate surface area is 356 Å². The molecular formula is C45H71N5O10. The van der Waals surface area contributed by atoms with Gasteiger partial charge in [-0.05, 0) is 76.2 Å². The van der Waals surface area contributed by atoms with Gasteiger partial charge < -0.3 is 39.8 Å². The predicted molar refractivity (Wildman–Crippen MR) is 226 cm³/mol.